The van der Waals surface area contributed by atoms with Crippen molar-refractivity contribution in [1.82, 2.24) is 20.3 Å². The van der Waals surface area contributed by atoms with E-state index < -0.39 is 0 Å². The molecule has 1 amide bonds. The molecule has 168 valence electrons. The second-order valence-electron chi connectivity index (χ2n) is 8.25. The molecule has 0 aliphatic heterocycles. The fourth-order valence-corrected chi connectivity index (χ4v) is 4.38. The van der Waals surface area contributed by atoms with E-state index in [1.165, 1.54) is 15.9 Å². The van der Waals surface area contributed by atoms with Crippen LogP contribution in [-0.2, 0) is 17.6 Å². The van der Waals surface area contributed by atoms with Gasteiger partial charge in [-0.3, -0.25) is 4.79 Å². The third-order valence-electron chi connectivity index (χ3n) is 5.99. The zero-order valence-corrected chi connectivity index (χ0v) is 18.3. The van der Waals surface area contributed by atoms with Crippen LogP contribution in [0, 0.1) is 0 Å². The van der Waals surface area contributed by atoms with Crippen molar-refractivity contribution >= 4 is 16.9 Å². The molecule has 0 fully saturated rings. The number of nitrogens with zero attached hydrogens (tertiary/aromatic N) is 3. The maximum atomic E-state index is 12.7. The summed E-state index contributed by atoms with van der Waals surface area (Å²) >= 11 is 0. The Morgan fingerprint density at radius 1 is 1.06 bits per heavy atom. The molecule has 33 heavy (non-hydrogen) atoms. The minimum atomic E-state index is -0.166. The molecule has 0 saturated carbocycles. The Balaban J connectivity index is 1.34. The average molecular weight is 443 g/mol. The summed E-state index contributed by atoms with van der Waals surface area (Å²) in [7, 11) is 0. The Morgan fingerprint density at radius 3 is 2.61 bits per heavy atom. The zero-order chi connectivity index (χ0) is 22.6. The molecule has 7 heteroatoms. The Labute approximate surface area is 192 Å². The number of aryl methyl sites for hydroxylation is 1. The van der Waals surface area contributed by atoms with E-state index in [0.29, 0.717) is 17.9 Å². The van der Waals surface area contributed by atoms with E-state index in [9.17, 15) is 9.90 Å². The first-order valence-corrected chi connectivity index (χ1v) is 11.3. The van der Waals surface area contributed by atoms with Crippen molar-refractivity contribution in [3.8, 4) is 11.4 Å². The van der Waals surface area contributed by atoms with E-state index in [0.717, 1.165) is 35.9 Å². The van der Waals surface area contributed by atoms with Gasteiger partial charge in [0.1, 0.15) is 22.5 Å². The summed E-state index contributed by atoms with van der Waals surface area (Å²) in [6, 6.07) is 21.5. The number of aliphatic hydroxyl groups excluding tert-OH is 1. The minimum absolute atomic E-state index is 0.00975. The van der Waals surface area contributed by atoms with Gasteiger partial charge in [-0.15, -0.1) is 15.0 Å². The summed E-state index contributed by atoms with van der Waals surface area (Å²) in [4.78, 5) is 14.3. The summed E-state index contributed by atoms with van der Waals surface area (Å²) in [5.41, 5.74) is 5.60. The number of benzene rings is 3. The number of nitrogens with one attached hydrogen (secondary N) is 1. The summed E-state index contributed by atoms with van der Waals surface area (Å²) in [6.45, 7) is -0.0643. The van der Waals surface area contributed by atoms with Crippen LogP contribution in [-0.4, -0.2) is 39.2 Å². The first kappa shape index (κ1) is 21.2. The number of carbonyl (C=O) groups is 1. The van der Waals surface area contributed by atoms with Gasteiger partial charge < -0.3 is 15.2 Å². The predicted octanol–water partition coefficient (Wildman–Crippen LogP) is 3.53. The lowest BCUT2D eigenvalue weighted by Gasteiger charge is -2.26. The quantitative estimate of drug-likeness (QED) is 0.457. The first-order chi connectivity index (χ1) is 16.2. The normalized spacial score (nSPS) is 15.2. The Morgan fingerprint density at radius 2 is 1.82 bits per heavy atom. The highest BCUT2D eigenvalue weighted by Gasteiger charge is 2.22. The van der Waals surface area contributed by atoms with Gasteiger partial charge in [0.15, 0.2) is 6.61 Å². The Hall–Kier alpha value is -3.71. The van der Waals surface area contributed by atoms with Crippen molar-refractivity contribution in [2.45, 2.75) is 31.7 Å². The maximum absolute atomic E-state index is 12.7. The van der Waals surface area contributed by atoms with Crippen LogP contribution in [0.1, 0.15) is 35.6 Å². The molecule has 4 aromatic rings. The van der Waals surface area contributed by atoms with Crippen molar-refractivity contribution in [2.75, 3.05) is 13.2 Å². The molecular formula is C26H26N4O3. The van der Waals surface area contributed by atoms with Crippen molar-refractivity contribution < 1.29 is 14.6 Å². The van der Waals surface area contributed by atoms with Gasteiger partial charge in [0.25, 0.3) is 5.91 Å². The zero-order valence-electron chi connectivity index (χ0n) is 18.3. The van der Waals surface area contributed by atoms with E-state index in [4.69, 9.17) is 4.74 Å². The van der Waals surface area contributed by atoms with Crippen LogP contribution in [0.2, 0.25) is 0 Å². The van der Waals surface area contributed by atoms with Crippen molar-refractivity contribution in [3.63, 3.8) is 0 Å². The molecule has 7 nitrogen and oxygen atoms in total. The largest absolute Gasteiger partial charge is 0.481 e. The molecule has 0 bridgehead atoms. The first-order valence-electron chi connectivity index (χ1n) is 11.3. The van der Waals surface area contributed by atoms with Crippen LogP contribution >= 0.6 is 0 Å². The Bertz CT molecular complexity index is 1250. The third kappa shape index (κ3) is 4.59. The lowest BCUT2D eigenvalue weighted by atomic mass is 9.88. The Kier molecular flexibility index (Phi) is 6.04. The van der Waals surface area contributed by atoms with Gasteiger partial charge in [-0.25, -0.2) is 0 Å². The molecule has 0 saturated heterocycles. The highest BCUT2D eigenvalue weighted by molar-refractivity contribution is 5.78. The van der Waals surface area contributed by atoms with Crippen LogP contribution in [0.25, 0.3) is 16.7 Å². The van der Waals surface area contributed by atoms with Crippen LogP contribution in [0.4, 0.5) is 0 Å². The lowest BCUT2D eigenvalue weighted by Crippen LogP contribution is -2.34. The summed E-state index contributed by atoms with van der Waals surface area (Å²) < 4.78 is 5.94. The number of fused-ring (bicyclic) bond motifs is 2. The smallest absolute Gasteiger partial charge is 0.258 e. The SMILES string of the molecule is O=C(COc1ccc(CCO)cc1-n1nc2ccccc2n1)N[C@@H]1CCCc2ccccc21. The van der Waals surface area contributed by atoms with E-state index in [2.05, 4.69) is 27.6 Å². The average Bonchev–Trinajstić information content (AvgIpc) is 3.28. The molecule has 1 aliphatic rings. The van der Waals surface area contributed by atoms with Gasteiger partial charge >= 0.3 is 0 Å². The fourth-order valence-electron chi connectivity index (χ4n) is 4.38. The molecule has 0 radical (unpaired) electrons. The van der Waals surface area contributed by atoms with Gasteiger partial charge in [0.2, 0.25) is 0 Å². The summed E-state index contributed by atoms with van der Waals surface area (Å²) in [5.74, 6) is 0.344. The van der Waals surface area contributed by atoms with Crippen LogP contribution in [0.5, 0.6) is 5.75 Å². The van der Waals surface area contributed by atoms with Crippen LogP contribution in [0.3, 0.4) is 0 Å². The molecule has 1 atom stereocenters. The maximum Gasteiger partial charge on any atom is 0.258 e. The minimum Gasteiger partial charge on any atom is -0.481 e. The van der Waals surface area contributed by atoms with Crippen molar-refractivity contribution in [2.24, 2.45) is 0 Å². The van der Waals surface area contributed by atoms with E-state index >= 15 is 0 Å². The van der Waals surface area contributed by atoms with E-state index in [1.807, 2.05) is 48.5 Å². The molecule has 5 rings (SSSR count). The van der Waals surface area contributed by atoms with Gasteiger partial charge in [-0.1, -0.05) is 42.5 Å². The third-order valence-corrected chi connectivity index (χ3v) is 5.99. The van der Waals surface area contributed by atoms with Crippen LogP contribution in [0.15, 0.2) is 66.7 Å². The van der Waals surface area contributed by atoms with Crippen LogP contribution < -0.4 is 10.1 Å². The highest BCUT2D eigenvalue weighted by atomic mass is 16.5. The van der Waals surface area contributed by atoms with Gasteiger partial charge in [0.05, 0.1) is 6.04 Å². The number of aromatic nitrogens is 3. The molecule has 0 unspecified atom stereocenters. The summed E-state index contributed by atoms with van der Waals surface area (Å²) in [5, 5.41) is 21.6. The second kappa shape index (κ2) is 9.42. The van der Waals surface area contributed by atoms with Gasteiger partial charge in [-0.05, 0) is 66.6 Å². The molecule has 3 aromatic carbocycles. The molecule has 1 heterocycles. The second-order valence-corrected chi connectivity index (χ2v) is 8.25. The number of amides is 1. The molecular weight excluding hydrogens is 416 g/mol. The lowest BCUT2D eigenvalue weighted by molar-refractivity contribution is -0.123. The molecule has 2 N–H and O–H groups in total. The van der Waals surface area contributed by atoms with Gasteiger partial charge in [0, 0.05) is 6.61 Å². The monoisotopic (exact) mass is 442 g/mol. The fraction of sp³-hybridized carbons (Fsp3) is 0.269. The summed E-state index contributed by atoms with van der Waals surface area (Å²) in [6.07, 6.45) is 3.54. The number of aliphatic hydroxyl groups is 1. The number of carbonyl (C=O) groups excluding carboxylic acids is 1. The van der Waals surface area contributed by atoms with E-state index in [-0.39, 0.29) is 25.2 Å². The topological polar surface area (TPSA) is 89.3 Å². The number of rotatable bonds is 7. The number of ether oxygens (including phenoxy) is 1. The van der Waals surface area contributed by atoms with Crippen molar-refractivity contribution in [3.05, 3.63) is 83.4 Å². The van der Waals surface area contributed by atoms with E-state index in [1.54, 1.807) is 6.07 Å². The number of hydrogen-bond acceptors (Lipinski definition) is 5. The number of hydrogen-bond donors (Lipinski definition) is 2. The van der Waals surface area contributed by atoms with Gasteiger partial charge in [-0.2, -0.15) is 0 Å². The van der Waals surface area contributed by atoms with Crippen molar-refractivity contribution in [1.29, 1.82) is 0 Å². The molecule has 1 aliphatic carbocycles. The standard InChI is InChI=1S/C26H26N4O3/c31-15-14-18-12-13-25(24(16-18)30-28-22-9-3-4-10-23(22)29-30)33-17-26(32)27-21-11-5-7-19-6-1-2-8-20(19)21/h1-4,6,8-10,12-13,16,21,31H,5,7,11,14-15,17H2,(H,27,32)/t21-/m1/s1. The predicted molar refractivity (Wildman–Crippen MR) is 125 cm³/mol. The highest BCUT2D eigenvalue weighted by Crippen LogP contribution is 2.29. The molecule has 0 spiro atoms. The molecule has 1 aromatic heterocycles.